The van der Waals surface area contributed by atoms with Gasteiger partial charge in [-0.3, -0.25) is 0 Å². The molecule has 0 aliphatic carbocycles. The second-order valence-electron chi connectivity index (χ2n) is 4.36. The molecule has 3 nitrogen and oxygen atoms in total. The van der Waals surface area contributed by atoms with Crippen LogP contribution in [0.2, 0.25) is 0 Å². The summed E-state index contributed by atoms with van der Waals surface area (Å²) in [5.74, 6) is 0.674. The summed E-state index contributed by atoms with van der Waals surface area (Å²) in [5, 5.41) is 0. The zero-order valence-corrected chi connectivity index (χ0v) is 11.4. The fraction of sp³-hybridized carbons (Fsp3) is 1.00. The van der Waals surface area contributed by atoms with E-state index < -0.39 is 9.53 Å². The van der Waals surface area contributed by atoms with Crippen LogP contribution in [0.15, 0.2) is 0 Å². The zero-order chi connectivity index (χ0) is 11.2. The summed E-state index contributed by atoms with van der Waals surface area (Å²) in [6.07, 6.45) is 2.22. The van der Waals surface area contributed by atoms with E-state index in [1.54, 1.807) is 14.2 Å². The molecular formula is C10H24O3Si. The van der Waals surface area contributed by atoms with Crippen molar-refractivity contribution in [2.45, 2.75) is 46.1 Å². The molecule has 0 bridgehead atoms. The van der Waals surface area contributed by atoms with E-state index in [0.29, 0.717) is 5.92 Å². The van der Waals surface area contributed by atoms with Gasteiger partial charge in [-0.2, -0.15) is 0 Å². The largest absolute Gasteiger partial charge is 0.484 e. The van der Waals surface area contributed by atoms with Gasteiger partial charge in [0.1, 0.15) is 0 Å². The minimum atomic E-state index is -1.89. The maximum atomic E-state index is 5.80. The predicted octanol–water partition coefficient (Wildman–Crippen LogP) is 2.23. The van der Waals surface area contributed by atoms with Crippen molar-refractivity contribution in [2.75, 3.05) is 14.2 Å². The fourth-order valence-corrected chi connectivity index (χ4v) is 2.49. The maximum absolute atomic E-state index is 5.80. The molecule has 0 heterocycles. The van der Waals surface area contributed by atoms with Gasteiger partial charge in [-0.05, 0) is 26.2 Å². The Morgan fingerprint density at radius 3 is 2.07 bits per heavy atom. The van der Waals surface area contributed by atoms with Gasteiger partial charge in [-0.1, -0.05) is 20.3 Å². The average Bonchev–Trinajstić information content (AvgIpc) is 2.13. The van der Waals surface area contributed by atoms with Gasteiger partial charge >= 0.3 is 9.53 Å². The van der Waals surface area contributed by atoms with E-state index in [1.165, 1.54) is 6.42 Å². The molecule has 0 N–H and O–H groups in total. The first-order valence-electron chi connectivity index (χ1n) is 5.18. The van der Waals surface area contributed by atoms with Crippen molar-refractivity contribution < 1.29 is 13.3 Å². The molecule has 0 saturated carbocycles. The number of hydrogen-bond acceptors (Lipinski definition) is 3. The molecule has 0 aliphatic rings. The smallest absolute Gasteiger partial charge is 0.379 e. The molecule has 86 valence electrons. The van der Waals surface area contributed by atoms with Crippen LogP contribution >= 0.6 is 0 Å². The highest BCUT2D eigenvalue weighted by Crippen LogP contribution is 2.23. The van der Waals surface area contributed by atoms with E-state index >= 15 is 0 Å². The second-order valence-corrected chi connectivity index (χ2v) is 6.11. The molecule has 0 aliphatic heterocycles. The van der Waals surface area contributed by atoms with Crippen molar-refractivity contribution >= 4 is 9.53 Å². The van der Waals surface area contributed by atoms with E-state index in [1.807, 2.05) is 0 Å². The van der Waals surface area contributed by atoms with Crippen molar-refractivity contribution in [3.05, 3.63) is 0 Å². The number of rotatable bonds is 7. The highest BCUT2D eigenvalue weighted by Gasteiger charge is 2.27. The van der Waals surface area contributed by atoms with Gasteiger partial charge in [0.25, 0.3) is 0 Å². The lowest BCUT2D eigenvalue weighted by Crippen LogP contribution is -2.37. The van der Waals surface area contributed by atoms with Crippen LogP contribution in [0.3, 0.4) is 0 Å². The molecule has 0 aromatic heterocycles. The van der Waals surface area contributed by atoms with Gasteiger partial charge in [0, 0.05) is 14.2 Å². The van der Waals surface area contributed by atoms with Crippen LogP contribution < -0.4 is 0 Å². The Balaban J connectivity index is 4.04. The first kappa shape index (κ1) is 14.1. The Morgan fingerprint density at radius 1 is 1.21 bits per heavy atom. The lowest BCUT2D eigenvalue weighted by molar-refractivity contribution is 0.0145. The van der Waals surface area contributed by atoms with Crippen molar-refractivity contribution in [1.82, 2.24) is 0 Å². The summed E-state index contributed by atoms with van der Waals surface area (Å²) in [6, 6.07) is 0. The maximum Gasteiger partial charge on any atom is 0.484 e. The third-order valence-corrected chi connectivity index (χ3v) is 3.94. The minimum Gasteiger partial charge on any atom is -0.379 e. The van der Waals surface area contributed by atoms with Crippen molar-refractivity contribution in [2.24, 2.45) is 5.92 Å². The van der Waals surface area contributed by atoms with Gasteiger partial charge in [0.2, 0.25) is 0 Å². The first-order chi connectivity index (χ1) is 6.45. The summed E-state index contributed by atoms with van der Waals surface area (Å²) in [5.41, 5.74) is -0.141. The van der Waals surface area contributed by atoms with Crippen LogP contribution in [0.4, 0.5) is 0 Å². The fourth-order valence-electron chi connectivity index (χ4n) is 1.48. The van der Waals surface area contributed by atoms with E-state index in [4.69, 9.17) is 13.3 Å². The van der Waals surface area contributed by atoms with Gasteiger partial charge in [0.15, 0.2) is 0 Å². The molecule has 0 rings (SSSR count). The Bertz CT molecular complexity index is 146. The third kappa shape index (κ3) is 5.75. The SMILES string of the molecule is CCC(C)CC(C)(C)O[SiH](OC)OC. The average molecular weight is 220 g/mol. The lowest BCUT2D eigenvalue weighted by Gasteiger charge is -2.30. The van der Waals surface area contributed by atoms with Crippen LogP contribution in [-0.4, -0.2) is 29.3 Å². The molecule has 0 radical (unpaired) electrons. The molecule has 0 saturated heterocycles. The summed E-state index contributed by atoms with van der Waals surface area (Å²) >= 11 is 0. The molecule has 14 heavy (non-hydrogen) atoms. The Morgan fingerprint density at radius 2 is 1.71 bits per heavy atom. The van der Waals surface area contributed by atoms with Crippen LogP contribution in [0, 0.1) is 5.92 Å². The highest BCUT2D eigenvalue weighted by atomic mass is 28.3. The predicted molar refractivity (Wildman–Crippen MR) is 60.4 cm³/mol. The molecule has 0 aromatic carbocycles. The van der Waals surface area contributed by atoms with Crippen molar-refractivity contribution in [3.63, 3.8) is 0 Å². The zero-order valence-electron chi connectivity index (χ0n) is 10.3. The summed E-state index contributed by atoms with van der Waals surface area (Å²) < 4.78 is 16.1. The van der Waals surface area contributed by atoms with E-state index in [9.17, 15) is 0 Å². The summed E-state index contributed by atoms with van der Waals surface area (Å²) in [6.45, 7) is 8.62. The molecule has 0 aromatic rings. The van der Waals surface area contributed by atoms with E-state index in [-0.39, 0.29) is 5.60 Å². The standard InChI is InChI=1S/C10H24O3Si/c1-7-9(2)8-10(3,4)13-14(11-5)12-6/h9,14H,7-8H2,1-6H3. The Kier molecular flexibility index (Phi) is 6.60. The monoisotopic (exact) mass is 220 g/mol. The van der Waals surface area contributed by atoms with E-state index in [2.05, 4.69) is 27.7 Å². The molecule has 4 heteroatoms. The van der Waals surface area contributed by atoms with Crippen molar-refractivity contribution in [1.29, 1.82) is 0 Å². The normalized spacial score (nSPS) is 14.8. The molecule has 0 amide bonds. The quantitative estimate of drug-likeness (QED) is 0.616. The van der Waals surface area contributed by atoms with Crippen LogP contribution in [-0.2, 0) is 13.3 Å². The summed E-state index contributed by atoms with van der Waals surface area (Å²) in [7, 11) is 1.39. The molecular weight excluding hydrogens is 196 g/mol. The van der Waals surface area contributed by atoms with Crippen LogP contribution in [0.25, 0.3) is 0 Å². The third-order valence-electron chi connectivity index (χ3n) is 2.34. The van der Waals surface area contributed by atoms with Crippen LogP contribution in [0.5, 0.6) is 0 Å². The van der Waals surface area contributed by atoms with Gasteiger partial charge in [0.05, 0.1) is 5.60 Å². The molecule has 0 fully saturated rings. The lowest BCUT2D eigenvalue weighted by atomic mass is 9.93. The van der Waals surface area contributed by atoms with Gasteiger partial charge in [-0.15, -0.1) is 0 Å². The summed E-state index contributed by atoms with van der Waals surface area (Å²) in [4.78, 5) is 0. The van der Waals surface area contributed by atoms with E-state index in [0.717, 1.165) is 6.42 Å². The molecule has 1 unspecified atom stereocenters. The first-order valence-corrected chi connectivity index (χ1v) is 6.60. The highest BCUT2D eigenvalue weighted by molar-refractivity contribution is 6.36. The Labute approximate surface area is 89.7 Å². The van der Waals surface area contributed by atoms with Gasteiger partial charge in [-0.25, -0.2) is 0 Å². The molecule has 1 atom stereocenters. The van der Waals surface area contributed by atoms with Crippen molar-refractivity contribution in [3.8, 4) is 0 Å². The topological polar surface area (TPSA) is 27.7 Å². The number of hydrogen-bond donors (Lipinski definition) is 0. The molecule has 0 spiro atoms. The minimum absolute atomic E-state index is 0.141. The second kappa shape index (κ2) is 6.56. The van der Waals surface area contributed by atoms with Crippen LogP contribution in [0.1, 0.15) is 40.5 Å². The van der Waals surface area contributed by atoms with Gasteiger partial charge < -0.3 is 13.3 Å². The Hall–Kier alpha value is 0.0969.